The van der Waals surface area contributed by atoms with Crippen molar-refractivity contribution in [1.29, 1.82) is 0 Å². The molecule has 0 fully saturated rings. The van der Waals surface area contributed by atoms with Crippen LogP contribution < -0.4 is 0 Å². The van der Waals surface area contributed by atoms with Crippen molar-refractivity contribution in [2.75, 3.05) is 0 Å². The topological polar surface area (TPSA) is 0 Å². The molecule has 0 spiro atoms. The fraction of sp³-hybridized carbons (Fsp3) is 0.0588. The highest BCUT2D eigenvalue weighted by atomic mass is 79.9. The fourth-order valence-corrected chi connectivity index (χ4v) is 2.89. The van der Waals surface area contributed by atoms with Crippen LogP contribution in [0.3, 0.4) is 0 Å². The van der Waals surface area contributed by atoms with Crippen LogP contribution in [0, 0.1) is 11.6 Å². The summed E-state index contributed by atoms with van der Waals surface area (Å²) >= 11 is 3.46. The second-order valence-electron chi connectivity index (χ2n) is 4.63. The average molecular weight is 333 g/mol. The van der Waals surface area contributed by atoms with Crippen molar-refractivity contribution in [3.05, 3.63) is 83.4 Å². The van der Waals surface area contributed by atoms with Gasteiger partial charge in [0.25, 0.3) is 0 Å². The van der Waals surface area contributed by atoms with E-state index in [9.17, 15) is 8.78 Å². The summed E-state index contributed by atoms with van der Waals surface area (Å²) in [6.07, 6.45) is 0. The number of halogens is 3. The molecule has 100 valence electrons. The molecule has 3 heteroatoms. The molecule has 0 aliphatic heterocycles. The minimum Gasteiger partial charge on any atom is -0.207 e. The van der Waals surface area contributed by atoms with Crippen molar-refractivity contribution < 1.29 is 8.78 Å². The molecule has 0 aromatic heterocycles. The maximum atomic E-state index is 13.8. The lowest BCUT2D eigenvalue weighted by Gasteiger charge is -2.13. The van der Waals surface area contributed by atoms with Crippen molar-refractivity contribution in [2.24, 2.45) is 0 Å². The summed E-state index contributed by atoms with van der Waals surface area (Å²) in [6, 6.07) is 17.3. The third-order valence-corrected chi connectivity index (χ3v) is 4.32. The van der Waals surface area contributed by atoms with Crippen LogP contribution in [0.25, 0.3) is 10.8 Å². The standard InChI is InChI=1S/C17H11BrF2/c18-17(15-10-14(19)7-8-16(15)20)13-6-5-11-3-1-2-4-12(11)9-13/h1-10,17H. The van der Waals surface area contributed by atoms with Crippen molar-refractivity contribution >= 4 is 26.7 Å². The van der Waals surface area contributed by atoms with E-state index in [-0.39, 0.29) is 4.83 Å². The summed E-state index contributed by atoms with van der Waals surface area (Å²) in [7, 11) is 0. The van der Waals surface area contributed by atoms with Gasteiger partial charge in [-0.15, -0.1) is 0 Å². The largest absolute Gasteiger partial charge is 0.207 e. The van der Waals surface area contributed by atoms with Gasteiger partial charge in [0.05, 0.1) is 4.83 Å². The average Bonchev–Trinajstić information content (AvgIpc) is 2.48. The smallest absolute Gasteiger partial charge is 0.128 e. The number of fused-ring (bicyclic) bond motifs is 1. The molecular weight excluding hydrogens is 322 g/mol. The zero-order valence-electron chi connectivity index (χ0n) is 10.5. The second-order valence-corrected chi connectivity index (χ2v) is 5.55. The van der Waals surface area contributed by atoms with Crippen LogP contribution in [0.1, 0.15) is 16.0 Å². The van der Waals surface area contributed by atoms with Gasteiger partial charge < -0.3 is 0 Å². The maximum absolute atomic E-state index is 13.8. The van der Waals surface area contributed by atoms with E-state index in [1.807, 2.05) is 42.5 Å². The molecule has 3 aromatic carbocycles. The lowest BCUT2D eigenvalue weighted by molar-refractivity contribution is 0.588. The Labute approximate surface area is 124 Å². The highest BCUT2D eigenvalue weighted by Crippen LogP contribution is 2.34. The van der Waals surface area contributed by atoms with Gasteiger partial charge in [-0.05, 0) is 40.6 Å². The Balaban J connectivity index is 2.07. The zero-order chi connectivity index (χ0) is 14.1. The van der Waals surface area contributed by atoms with Crippen LogP contribution in [0.5, 0.6) is 0 Å². The van der Waals surface area contributed by atoms with Crippen molar-refractivity contribution in [3.63, 3.8) is 0 Å². The van der Waals surface area contributed by atoms with Crippen LogP contribution in [0.4, 0.5) is 8.78 Å². The number of hydrogen-bond donors (Lipinski definition) is 0. The number of rotatable bonds is 2. The van der Waals surface area contributed by atoms with E-state index >= 15 is 0 Å². The Morgan fingerprint density at radius 3 is 2.35 bits per heavy atom. The summed E-state index contributed by atoms with van der Waals surface area (Å²) in [4.78, 5) is -0.372. The Morgan fingerprint density at radius 1 is 0.800 bits per heavy atom. The van der Waals surface area contributed by atoms with Crippen LogP contribution in [-0.2, 0) is 0 Å². The Bertz CT molecular complexity index is 768. The number of hydrogen-bond acceptors (Lipinski definition) is 0. The van der Waals surface area contributed by atoms with E-state index in [0.717, 1.165) is 28.5 Å². The molecule has 3 aromatic rings. The van der Waals surface area contributed by atoms with Gasteiger partial charge in [0, 0.05) is 5.56 Å². The van der Waals surface area contributed by atoms with Crippen LogP contribution in [0.2, 0.25) is 0 Å². The molecule has 0 nitrogen and oxygen atoms in total. The first-order valence-corrected chi connectivity index (χ1v) is 7.14. The molecular formula is C17H11BrF2. The molecule has 0 amide bonds. The van der Waals surface area contributed by atoms with Crippen LogP contribution >= 0.6 is 15.9 Å². The van der Waals surface area contributed by atoms with E-state index in [2.05, 4.69) is 15.9 Å². The van der Waals surface area contributed by atoms with Gasteiger partial charge in [-0.1, -0.05) is 52.3 Å². The molecule has 1 unspecified atom stereocenters. The van der Waals surface area contributed by atoms with Crippen molar-refractivity contribution in [2.45, 2.75) is 4.83 Å². The summed E-state index contributed by atoms with van der Waals surface area (Å²) in [5.41, 5.74) is 1.20. The molecule has 20 heavy (non-hydrogen) atoms. The SMILES string of the molecule is Fc1ccc(F)c(C(Br)c2ccc3ccccc3c2)c1. The quantitative estimate of drug-likeness (QED) is 0.535. The van der Waals surface area contributed by atoms with E-state index < -0.39 is 11.6 Å². The Hall–Kier alpha value is -1.74. The number of alkyl halides is 1. The number of benzene rings is 3. The zero-order valence-corrected chi connectivity index (χ0v) is 12.1. The van der Waals surface area contributed by atoms with Crippen LogP contribution in [-0.4, -0.2) is 0 Å². The van der Waals surface area contributed by atoms with Gasteiger partial charge in [0.1, 0.15) is 11.6 Å². The van der Waals surface area contributed by atoms with E-state index in [0.29, 0.717) is 5.56 Å². The van der Waals surface area contributed by atoms with Crippen LogP contribution in [0.15, 0.2) is 60.7 Å². The third-order valence-electron chi connectivity index (χ3n) is 3.30. The highest BCUT2D eigenvalue weighted by molar-refractivity contribution is 9.09. The first-order chi connectivity index (χ1) is 9.65. The van der Waals surface area contributed by atoms with E-state index in [1.165, 1.54) is 6.07 Å². The molecule has 0 saturated heterocycles. The molecule has 1 atom stereocenters. The summed E-state index contributed by atoms with van der Waals surface area (Å²) in [5.74, 6) is -0.854. The van der Waals surface area contributed by atoms with Gasteiger partial charge in [-0.25, -0.2) is 8.78 Å². The van der Waals surface area contributed by atoms with Gasteiger partial charge in [0.2, 0.25) is 0 Å². The fourth-order valence-electron chi connectivity index (χ4n) is 2.25. The second kappa shape index (κ2) is 5.33. The van der Waals surface area contributed by atoms with Gasteiger partial charge in [-0.2, -0.15) is 0 Å². The molecule has 0 aliphatic carbocycles. The molecule has 0 saturated carbocycles. The lowest BCUT2D eigenvalue weighted by atomic mass is 10.0. The molecule has 3 rings (SSSR count). The predicted molar refractivity (Wildman–Crippen MR) is 81.1 cm³/mol. The highest BCUT2D eigenvalue weighted by Gasteiger charge is 2.16. The normalized spacial score (nSPS) is 12.6. The first kappa shape index (κ1) is 13.3. The molecule has 0 bridgehead atoms. The monoisotopic (exact) mass is 332 g/mol. The van der Waals surface area contributed by atoms with E-state index in [4.69, 9.17) is 0 Å². The third kappa shape index (κ3) is 2.46. The maximum Gasteiger partial charge on any atom is 0.128 e. The first-order valence-electron chi connectivity index (χ1n) is 6.23. The van der Waals surface area contributed by atoms with Crippen molar-refractivity contribution in [1.82, 2.24) is 0 Å². The van der Waals surface area contributed by atoms with Crippen molar-refractivity contribution in [3.8, 4) is 0 Å². The lowest BCUT2D eigenvalue weighted by Crippen LogP contribution is -1.97. The van der Waals surface area contributed by atoms with Gasteiger partial charge >= 0.3 is 0 Å². The summed E-state index contributed by atoms with van der Waals surface area (Å²) < 4.78 is 27.1. The van der Waals surface area contributed by atoms with Gasteiger partial charge in [0.15, 0.2) is 0 Å². The summed E-state index contributed by atoms with van der Waals surface area (Å²) in [5, 5.41) is 2.20. The molecule has 0 aliphatic rings. The Morgan fingerprint density at radius 2 is 1.55 bits per heavy atom. The Kier molecular flexibility index (Phi) is 3.53. The summed E-state index contributed by atoms with van der Waals surface area (Å²) in [6.45, 7) is 0. The minimum atomic E-state index is -0.438. The minimum absolute atomic E-state index is 0.306. The predicted octanol–water partition coefficient (Wildman–Crippen LogP) is 5.60. The van der Waals surface area contributed by atoms with Gasteiger partial charge in [-0.3, -0.25) is 0 Å². The van der Waals surface area contributed by atoms with E-state index in [1.54, 1.807) is 0 Å². The molecule has 0 heterocycles. The molecule has 0 radical (unpaired) electrons. The molecule has 0 N–H and O–H groups in total.